The van der Waals surface area contributed by atoms with E-state index in [1.807, 2.05) is 0 Å². The van der Waals surface area contributed by atoms with Gasteiger partial charge in [0.1, 0.15) is 12.6 Å². The first kappa shape index (κ1) is 14.6. The van der Waals surface area contributed by atoms with Crippen molar-refractivity contribution < 1.29 is 10.0 Å². The van der Waals surface area contributed by atoms with Crippen LogP contribution in [0.2, 0.25) is 0 Å². The molecule has 0 bridgehead atoms. The van der Waals surface area contributed by atoms with E-state index in [0.717, 1.165) is 6.54 Å². The number of aliphatic hydroxyl groups excluding tert-OH is 1. The highest BCUT2D eigenvalue weighted by atomic mass is 16.3. The minimum atomic E-state index is -0.257. The molecule has 0 amide bonds. The minimum Gasteiger partial charge on any atom is -0.385 e. The maximum Gasteiger partial charge on any atom is 0.121 e. The van der Waals surface area contributed by atoms with Crippen LogP contribution in [0.25, 0.3) is 10.9 Å². The average Bonchev–Trinajstić information content (AvgIpc) is 2.74. The van der Waals surface area contributed by atoms with E-state index in [-0.39, 0.29) is 6.10 Å². The lowest BCUT2D eigenvalue weighted by molar-refractivity contribution is -0.908. The third-order valence-corrected chi connectivity index (χ3v) is 5.02. The zero-order valence-corrected chi connectivity index (χ0v) is 13.2. The van der Waals surface area contributed by atoms with Gasteiger partial charge < -0.3 is 14.6 Å². The fraction of sp³-hybridized carbons (Fsp3) is 0.556. The van der Waals surface area contributed by atoms with E-state index in [1.54, 1.807) is 4.90 Å². The normalized spacial score (nSPS) is 18.2. The number of nitrogens with one attached hydrogen (secondary N) is 1. The van der Waals surface area contributed by atoms with Gasteiger partial charge in [-0.15, -0.1) is 0 Å². The first-order valence-corrected chi connectivity index (χ1v) is 8.23. The number of aliphatic hydroxyl groups is 1. The van der Waals surface area contributed by atoms with E-state index in [4.69, 9.17) is 0 Å². The van der Waals surface area contributed by atoms with Gasteiger partial charge in [-0.05, 0) is 44.7 Å². The third kappa shape index (κ3) is 2.99. The van der Waals surface area contributed by atoms with Crippen molar-refractivity contribution in [2.75, 3.05) is 19.6 Å². The molecule has 3 rings (SSSR count). The molecule has 1 aromatic carbocycles. The number of quaternary nitrogens is 1. The van der Waals surface area contributed by atoms with Gasteiger partial charge in [0.25, 0.3) is 0 Å². The second-order valence-electron chi connectivity index (χ2n) is 6.51. The predicted molar refractivity (Wildman–Crippen MR) is 86.8 cm³/mol. The maximum atomic E-state index is 10.5. The average molecular weight is 287 g/mol. The summed E-state index contributed by atoms with van der Waals surface area (Å²) in [4.78, 5) is 1.57. The van der Waals surface area contributed by atoms with Crippen molar-refractivity contribution in [1.29, 1.82) is 0 Å². The van der Waals surface area contributed by atoms with Crippen molar-refractivity contribution in [3.8, 4) is 0 Å². The Bertz CT molecular complexity index is 611. The molecule has 1 fully saturated rings. The molecule has 2 aromatic rings. The fourth-order valence-corrected chi connectivity index (χ4v) is 3.70. The second kappa shape index (κ2) is 6.20. The van der Waals surface area contributed by atoms with Crippen LogP contribution in [0.1, 0.15) is 30.5 Å². The third-order valence-electron chi connectivity index (χ3n) is 5.02. The first-order valence-electron chi connectivity index (χ1n) is 8.23. The highest BCUT2D eigenvalue weighted by Gasteiger charge is 2.20. The first-order chi connectivity index (χ1) is 10.2. The number of aromatic nitrogens is 1. The van der Waals surface area contributed by atoms with Crippen LogP contribution in [0.3, 0.4) is 0 Å². The lowest BCUT2D eigenvalue weighted by atomic mass is 10.1. The molecule has 1 saturated heterocycles. The van der Waals surface area contributed by atoms with E-state index >= 15 is 0 Å². The summed E-state index contributed by atoms with van der Waals surface area (Å²) in [5.41, 5.74) is 3.87. The molecule has 2 heterocycles. The highest BCUT2D eigenvalue weighted by Crippen LogP contribution is 2.24. The lowest BCUT2D eigenvalue weighted by Gasteiger charge is -2.26. The van der Waals surface area contributed by atoms with Gasteiger partial charge in [-0.1, -0.05) is 18.2 Å². The molecule has 1 aliphatic rings. The van der Waals surface area contributed by atoms with Gasteiger partial charge in [0, 0.05) is 16.6 Å². The van der Waals surface area contributed by atoms with Crippen LogP contribution in [0.4, 0.5) is 0 Å². The zero-order chi connectivity index (χ0) is 14.8. The van der Waals surface area contributed by atoms with Crippen molar-refractivity contribution >= 4 is 10.9 Å². The SMILES string of the molecule is Cc1c(C)n(C[C@H](O)C[NH+]2CCCCC2)c2ccccc12. The second-order valence-corrected chi connectivity index (χ2v) is 6.51. The van der Waals surface area contributed by atoms with Gasteiger partial charge in [-0.25, -0.2) is 0 Å². The highest BCUT2D eigenvalue weighted by molar-refractivity contribution is 5.85. The Balaban J connectivity index is 1.76. The molecule has 114 valence electrons. The molecule has 0 unspecified atom stereocenters. The van der Waals surface area contributed by atoms with Gasteiger partial charge in [-0.3, -0.25) is 0 Å². The molecule has 1 atom stereocenters. The molecular formula is C18H27N2O+. The molecule has 3 heteroatoms. The van der Waals surface area contributed by atoms with Crippen LogP contribution >= 0.6 is 0 Å². The van der Waals surface area contributed by atoms with Crippen molar-refractivity contribution in [2.45, 2.75) is 45.8 Å². The van der Waals surface area contributed by atoms with E-state index in [0.29, 0.717) is 6.54 Å². The van der Waals surface area contributed by atoms with Gasteiger partial charge in [0.2, 0.25) is 0 Å². The molecule has 0 radical (unpaired) electrons. The molecule has 21 heavy (non-hydrogen) atoms. The quantitative estimate of drug-likeness (QED) is 0.880. The van der Waals surface area contributed by atoms with Crippen LogP contribution in [0, 0.1) is 13.8 Å². The monoisotopic (exact) mass is 287 g/mol. The number of aryl methyl sites for hydroxylation is 1. The zero-order valence-electron chi connectivity index (χ0n) is 13.2. The number of hydrogen-bond acceptors (Lipinski definition) is 1. The number of piperidine rings is 1. The maximum absolute atomic E-state index is 10.5. The number of nitrogens with zero attached hydrogens (tertiary/aromatic N) is 1. The summed E-state index contributed by atoms with van der Waals surface area (Å²) in [5, 5.41) is 11.8. The molecule has 2 N–H and O–H groups in total. The molecule has 1 aromatic heterocycles. The minimum absolute atomic E-state index is 0.257. The number of rotatable bonds is 4. The molecule has 0 saturated carbocycles. The Labute approximate surface area is 127 Å². The fourth-order valence-electron chi connectivity index (χ4n) is 3.70. The summed E-state index contributed by atoms with van der Waals surface area (Å²) >= 11 is 0. The number of likely N-dealkylation sites (tertiary alicyclic amines) is 1. The van der Waals surface area contributed by atoms with Crippen LogP contribution in [0.15, 0.2) is 24.3 Å². The summed E-state index contributed by atoms with van der Waals surface area (Å²) in [7, 11) is 0. The molecular weight excluding hydrogens is 260 g/mol. The van der Waals surface area contributed by atoms with Crippen molar-refractivity contribution in [3.63, 3.8) is 0 Å². The van der Waals surface area contributed by atoms with Crippen LogP contribution < -0.4 is 4.90 Å². The summed E-state index contributed by atoms with van der Waals surface area (Å²) in [5.74, 6) is 0. The summed E-state index contributed by atoms with van der Waals surface area (Å²) in [6, 6.07) is 8.51. The smallest absolute Gasteiger partial charge is 0.121 e. The number of hydrogen-bond donors (Lipinski definition) is 2. The van der Waals surface area contributed by atoms with Gasteiger partial charge in [0.05, 0.1) is 19.6 Å². The molecule has 0 aliphatic carbocycles. The standard InChI is InChI=1S/C18H26N2O/c1-14-15(2)20(18-9-5-4-8-17(14)18)13-16(21)12-19-10-6-3-7-11-19/h4-5,8-9,16,21H,3,6-7,10-13H2,1-2H3/p+1/t16-/m1/s1. The Morgan fingerprint density at radius 3 is 2.62 bits per heavy atom. The predicted octanol–water partition coefficient (Wildman–Crippen LogP) is 1.69. The van der Waals surface area contributed by atoms with Crippen molar-refractivity contribution in [2.24, 2.45) is 0 Å². The number of benzene rings is 1. The van der Waals surface area contributed by atoms with Crippen molar-refractivity contribution in [3.05, 3.63) is 35.5 Å². The van der Waals surface area contributed by atoms with Crippen LogP contribution in [-0.2, 0) is 6.54 Å². The Morgan fingerprint density at radius 2 is 1.86 bits per heavy atom. The van der Waals surface area contributed by atoms with Gasteiger partial charge in [-0.2, -0.15) is 0 Å². The Kier molecular flexibility index (Phi) is 4.32. The van der Waals surface area contributed by atoms with E-state index in [1.165, 1.54) is 54.5 Å². The van der Waals surface area contributed by atoms with Gasteiger partial charge in [0.15, 0.2) is 0 Å². The van der Waals surface area contributed by atoms with Crippen LogP contribution in [0.5, 0.6) is 0 Å². The molecule has 3 nitrogen and oxygen atoms in total. The van der Waals surface area contributed by atoms with Crippen molar-refractivity contribution in [1.82, 2.24) is 4.57 Å². The molecule has 1 aliphatic heterocycles. The summed E-state index contributed by atoms with van der Waals surface area (Å²) < 4.78 is 2.29. The van der Waals surface area contributed by atoms with E-state index in [9.17, 15) is 5.11 Å². The summed E-state index contributed by atoms with van der Waals surface area (Å²) in [6.45, 7) is 8.38. The topological polar surface area (TPSA) is 29.6 Å². The largest absolute Gasteiger partial charge is 0.385 e. The lowest BCUT2D eigenvalue weighted by Crippen LogP contribution is -3.13. The Hall–Kier alpha value is -1.32. The van der Waals surface area contributed by atoms with Crippen LogP contribution in [-0.4, -0.2) is 35.4 Å². The van der Waals surface area contributed by atoms with E-state index in [2.05, 4.69) is 42.7 Å². The molecule has 0 spiro atoms. The van der Waals surface area contributed by atoms with Gasteiger partial charge >= 0.3 is 0 Å². The summed E-state index contributed by atoms with van der Waals surface area (Å²) in [6.07, 6.45) is 3.73. The van der Waals surface area contributed by atoms with E-state index < -0.39 is 0 Å². The number of fused-ring (bicyclic) bond motifs is 1. The number of para-hydroxylation sites is 1. The Morgan fingerprint density at radius 1 is 1.14 bits per heavy atom.